The van der Waals surface area contributed by atoms with E-state index in [-0.39, 0.29) is 31.9 Å². The summed E-state index contributed by atoms with van der Waals surface area (Å²) in [5.41, 5.74) is -0.770. The summed E-state index contributed by atoms with van der Waals surface area (Å²) in [5, 5.41) is 2.45. The van der Waals surface area contributed by atoms with Gasteiger partial charge >= 0.3 is 12.1 Å². The zero-order valence-corrected chi connectivity index (χ0v) is 15.8. The maximum Gasteiger partial charge on any atom is 0.407 e. The van der Waals surface area contributed by atoms with Gasteiger partial charge in [-0.1, -0.05) is 0 Å². The Morgan fingerprint density at radius 1 is 1.31 bits per heavy atom. The first-order valence-corrected chi connectivity index (χ1v) is 8.56. The standard InChI is InChI=1S/C17H27FN2O6/c1-10(2)25-14(22)8-11(19-16(24)26-17(3,4)5)9-20-13(21)7-6-12(18)15(20)23/h10-12H,6-9H2,1-5H3,(H,19,24)/t11-,12?/m0/s1. The van der Waals surface area contributed by atoms with Crippen molar-refractivity contribution in [3.05, 3.63) is 0 Å². The third-order valence-electron chi connectivity index (χ3n) is 3.35. The normalized spacial score (nSPS) is 19.3. The minimum atomic E-state index is -1.77. The number of ether oxygens (including phenoxy) is 2. The summed E-state index contributed by atoms with van der Waals surface area (Å²) < 4.78 is 23.8. The highest BCUT2D eigenvalue weighted by molar-refractivity contribution is 6.00. The first-order valence-electron chi connectivity index (χ1n) is 8.56. The van der Waals surface area contributed by atoms with Gasteiger partial charge in [0.1, 0.15) is 5.60 Å². The highest BCUT2D eigenvalue weighted by Gasteiger charge is 2.36. The number of imide groups is 1. The van der Waals surface area contributed by atoms with Gasteiger partial charge in [-0.25, -0.2) is 9.18 Å². The van der Waals surface area contributed by atoms with E-state index in [0.717, 1.165) is 4.90 Å². The molecule has 1 unspecified atom stereocenters. The molecule has 9 heteroatoms. The van der Waals surface area contributed by atoms with Crippen LogP contribution in [0.1, 0.15) is 53.9 Å². The van der Waals surface area contributed by atoms with Crippen molar-refractivity contribution >= 4 is 23.9 Å². The summed E-state index contributed by atoms with van der Waals surface area (Å²) in [7, 11) is 0. The van der Waals surface area contributed by atoms with Crippen LogP contribution >= 0.6 is 0 Å². The molecule has 148 valence electrons. The lowest BCUT2D eigenvalue weighted by molar-refractivity contribution is -0.155. The Kier molecular flexibility index (Phi) is 7.53. The van der Waals surface area contributed by atoms with Gasteiger partial charge in [-0.2, -0.15) is 0 Å². The van der Waals surface area contributed by atoms with E-state index in [1.54, 1.807) is 34.6 Å². The number of alkyl carbamates (subject to hydrolysis) is 1. The van der Waals surface area contributed by atoms with Crippen LogP contribution < -0.4 is 5.32 Å². The van der Waals surface area contributed by atoms with E-state index in [1.165, 1.54) is 0 Å². The predicted molar refractivity (Wildman–Crippen MR) is 89.9 cm³/mol. The molecule has 0 spiro atoms. The summed E-state index contributed by atoms with van der Waals surface area (Å²) >= 11 is 0. The van der Waals surface area contributed by atoms with Crippen molar-refractivity contribution in [3.8, 4) is 0 Å². The van der Waals surface area contributed by atoms with Gasteiger partial charge < -0.3 is 14.8 Å². The van der Waals surface area contributed by atoms with E-state index in [0.29, 0.717) is 0 Å². The van der Waals surface area contributed by atoms with Crippen molar-refractivity contribution in [2.75, 3.05) is 6.54 Å². The average molecular weight is 374 g/mol. The molecule has 0 radical (unpaired) electrons. The minimum Gasteiger partial charge on any atom is -0.463 e. The van der Waals surface area contributed by atoms with Crippen LogP contribution in [0.4, 0.5) is 9.18 Å². The number of amides is 3. The zero-order valence-electron chi connectivity index (χ0n) is 15.8. The average Bonchev–Trinajstić information content (AvgIpc) is 2.44. The Labute approximate surface area is 152 Å². The highest BCUT2D eigenvalue weighted by Crippen LogP contribution is 2.17. The molecule has 0 aliphatic carbocycles. The maximum absolute atomic E-state index is 13.6. The van der Waals surface area contributed by atoms with Crippen LogP contribution in [0.2, 0.25) is 0 Å². The van der Waals surface area contributed by atoms with Gasteiger partial charge in [0.2, 0.25) is 5.91 Å². The number of hydrogen-bond acceptors (Lipinski definition) is 6. The number of halogens is 1. The first kappa shape index (κ1) is 21.9. The highest BCUT2D eigenvalue weighted by atomic mass is 19.1. The van der Waals surface area contributed by atoms with Crippen LogP contribution in [0.3, 0.4) is 0 Å². The fraction of sp³-hybridized carbons (Fsp3) is 0.765. The Hall–Kier alpha value is -2.19. The van der Waals surface area contributed by atoms with Crippen molar-refractivity contribution < 1.29 is 33.0 Å². The SMILES string of the molecule is CC(C)OC(=O)C[C@@H](CN1C(=O)CCC(F)C1=O)NC(=O)OC(C)(C)C. The molecule has 1 aliphatic rings. The largest absolute Gasteiger partial charge is 0.463 e. The molecular formula is C17H27FN2O6. The molecule has 0 bridgehead atoms. The van der Waals surface area contributed by atoms with Gasteiger partial charge in [0, 0.05) is 13.0 Å². The second kappa shape index (κ2) is 8.95. The van der Waals surface area contributed by atoms with Crippen molar-refractivity contribution in [3.63, 3.8) is 0 Å². The van der Waals surface area contributed by atoms with Crippen LogP contribution in [0.15, 0.2) is 0 Å². The van der Waals surface area contributed by atoms with Crippen LogP contribution in [0.25, 0.3) is 0 Å². The van der Waals surface area contributed by atoms with E-state index in [1.807, 2.05) is 0 Å². The summed E-state index contributed by atoms with van der Waals surface area (Å²) in [4.78, 5) is 48.5. The monoisotopic (exact) mass is 374 g/mol. The predicted octanol–water partition coefficient (Wildman–Crippen LogP) is 1.71. The zero-order chi connectivity index (χ0) is 20.1. The van der Waals surface area contributed by atoms with Gasteiger partial charge in [0.25, 0.3) is 5.91 Å². The van der Waals surface area contributed by atoms with Crippen molar-refractivity contribution in [1.82, 2.24) is 10.2 Å². The number of likely N-dealkylation sites (tertiary alicyclic amines) is 1. The summed E-state index contributed by atoms with van der Waals surface area (Å²) in [6.45, 7) is 8.00. The number of carbonyl (C=O) groups excluding carboxylic acids is 4. The fourth-order valence-corrected chi connectivity index (χ4v) is 2.36. The van der Waals surface area contributed by atoms with Crippen LogP contribution in [0, 0.1) is 0 Å². The number of carbonyl (C=O) groups is 4. The lowest BCUT2D eigenvalue weighted by atomic mass is 10.1. The lowest BCUT2D eigenvalue weighted by Gasteiger charge is -2.31. The molecule has 1 rings (SSSR count). The van der Waals surface area contributed by atoms with Crippen molar-refractivity contribution in [1.29, 1.82) is 0 Å². The molecule has 8 nitrogen and oxygen atoms in total. The minimum absolute atomic E-state index is 0.109. The number of alkyl halides is 1. The number of nitrogens with one attached hydrogen (secondary N) is 1. The van der Waals surface area contributed by atoms with E-state index in [9.17, 15) is 23.6 Å². The third-order valence-corrected chi connectivity index (χ3v) is 3.35. The molecule has 1 N–H and O–H groups in total. The van der Waals surface area contributed by atoms with Crippen LogP contribution in [0.5, 0.6) is 0 Å². The molecule has 26 heavy (non-hydrogen) atoms. The molecule has 2 atom stereocenters. The Morgan fingerprint density at radius 3 is 2.46 bits per heavy atom. The smallest absolute Gasteiger partial charge is 0.407 e. The van der Waals surface area contributed by atoms with Gasteiger partial charge in [0.05, 0.1) is 18.6 Å². The number of rotatable bonds is 6. The van der Waals surface area contributed by atoms with Gasteiger partial charge in [-0.05, 0) is 41.0 Å². The van der Waals surface area contributed by atoms with E-state index in [2.05, 4.69) is 5.32 Å². The van der Waals surface area contributed by atoms with Gasteiger partial charge in [-0.3, -0.25) is 19.3 Å². The van der Waals surface area contributed by atoms with E-state index in [4.69, 9.17) is 9.47 Å². The lowest BCUT2D eigenvalue weighted by Crippen LogP contribution is -2.53. The molecule has 1 saturated heterocycles. The van der Waals surface area contributed by atoms with Gasteiger partial charge in [-0.15, -0.1) is 0 Å². The molecule has 1 aliphatic heterocycles. The van der Waals surface area contributed by atoms with Crippen LogP contribution in [-0.4, -0.2) is 59.2 Å². The summed E-state index contributed by atoms with van der Waals surface area (Å²) in [5.74, 6) is -2.12. The second-order valence-corrected chi connectivity index (χ2v) is 7.43. The second-order valence-electron chi connectivity index (χ2n) is 7.43. The number of piperidine rings is 1. The van der Waals surface area contributed by atoms with Crippen molar-refractivity contribution in [2.24, 2.45) is 0 Å². The number of hydrogen-bond donors (Lipinski definition) is 1. The van der Waals surface area contributed by atoms with Crippen molar-refractivity contribution in [2.45, 2.75) is 77.8 Å². The molecule has 0 saturated carbocycles. The quantitative estimate of drug-likeness (QED) is 0.561. The number of esters is 1. The van der Waals surface area contributed by atoms with E-state index < -0.39 is 41.7 Å². The Morgan fingerprint density at radius 2 is 1.92 bits per heavy atom. The first-order chi connectivity index (χ1) is 11.9. The summed E-state index contributed by atoms with van der Waals surface area (Å²) in [6.07, 6.45) is -3.49. The topological polar surface area (TPSA) is 102 Å². The molecule has 1 fully saturated rings. The molecule has 1 heterocycles. The summed E-state index contributed by atoms with van der Waals surface area (Å²) in [6, 6.07) is -0.950. The molecule has 0 aromatic carbocycles. The molecular weight excluding hydrogens is 347 g/mol. The Bertz CT molecular complexity index is 558. The van der Waals surface area contributed by atoms with E-state index >= 15 is 0 Å². The van der Waals surface area contributed by atoms with Gasteiger partial charge in [0.15, 0.2) is 6.17 Å². The Balaban J connectivity index is 2.85. The maximum atomic E-state index is 13.6. The number of nitrogens with zero attached hydrogens (tertiary/aromatic N) is 1. The molecule has 0 aromatic heterocycles. The molecule has 0 aromatic rings. The third kappa shape index (κ3) is 7.37. The van der Waals surface area contributed by atoms with Crippen LogP contribution in [-0.2, 0) is 23.9 Å². The molecule has 3 amide bonds. The fourth-order valence-electron chi connectivity index (χ4n) is 2.36.